The monoisotopic (exact) mass is 100 g/mol. The molecule has 7 heavy (non-hydrogen) atoms. The Hall–Kier alpha value is -0.590. The van der Waals surface area contributed by atoms with Crippen LogP contribution in [0.5, 0.6) is 0 Å². The average Bonchev–Trinajstić information content (AvgIpc) is 1.30. The fourth-order valence-corrected chi connectivity index (χ4v) is 0.182. The van der Waals surface area contributed by atoms with E-state index in [1.165, 1.54) is 0 Å². The van der Waals surface area contributed by atoms with Gasteiger partial charge in [-0.2, -0.15) is 11.1 Å². The summed E-state index contributed by atoms with van der Waals surface area (Å²) in [4.78, 5) is 0. The van der Waals surface area contributed by atoms with E-state index in [2.05, 4.69) is 0 Å². The van der Waals surface area contributed by atoms with Crippen LogP contribution < -0.4 is 5.84 Å². The van der Waals surface area contributed by atoms with Crippen molar-refractivity contribution >= 4 is 0 Å². The number of hydrogen-bond donors (Lipinski definition) is 1. The maximum absolute atomic E-state index is 8.06. The molecule has 0 heterocycles. The molecule has 40 valence electrons. The maximum Gasteiger partial charge on any atom is 0.183 e. The van der Waals surface area contributed by atoms with Gasteiger partial charge in [0.1, 0.15) is 6.07 Å². The van der Waals surface area contributed by atoms with Crippen LogP contribution in [-0.4, -0.2) is 25.2 Å². The molecule has 0 aromatic rings. The molecule has 0 spiro atoms. The predicted octanol–water partition coefficient (Wildman–Crippen LogP) is -0.540. The van der Waals surface area contributed by atoms with Gasteiger partial charge in [0.05, 0.1) is 14.1 Å². The second-order valence-corrected chi connectivity index (χ2v) is 2.09. The molecule has 3 nitrogen and oxygen atoms in total. The maximum atomic E-state index is 8.06. The molecule has 0 saturated carbocycles. The van der Waals surface area contributed by atoms with Crippen molar-refractivity contribution < 1.29 is 4.59 Å². The highest BCUT2D eigenvalue weighted by molar-refractivity contribution is 4.65. The number of rotatable bonds is 1. The molecular formula is C4H10N3+. The fraction of sp³-hybridized carbons (Fsp3) is 0.750. The van der Waals surface area contributed by atoms with E-state index in [0.29, 0.717) is 6.54 Å². The van der Waals surface area contributed by atoms with Gasteiger partial charge >= 0.3 is 0 Å². The standard InChI is InChI=1S/C4H10N3/c1-7(2,6)4-3-5/h4,6H2,1-2H3/q+1. The molecule has 0 aliphatic rings. The van der Waals surface area contributed by atoms with E-state index in [1.54, 1.807) is 14.1 Å². The fourth-order valence-electron chi connectivity index (χ4n) is 0.182. The van der Waals surface area contributed by atoms with Crippen molar-refractivity contribution in [3.05, 3.63) is 0 Å². The average molecular weight is 100 g/mol. The molecule has 0 aromatic carbocycles. The summed E-state index contributed by atoms with van der Waals surface area (Å²) in [5, 5.41) is 8.06. The lowest BCUT2D eigenvalue weighted by molar-refractivity contribution is -0.895. The van der Waals surface area contributed by atoms with Gasteiger partial charge in [0.15, 0.2) is 6.54 Å². The van der Waals surface area contributed by atoms with Crippen LogP contribution in [0, 0.1) is 11.3 Å². The van der Waals surface area contributed by atoms with Crippen molar-refractivity contribution in [1.82, 2.24) is 0 Å². The third kappa shape index (κ3) is 5.41. The molecule has 3 heteroatoms. The van der Waals surface area contributed by atoms with Crippen molar-refractivity contribution in [1.29, 1.82) is 5.26 Å². The van der Waals surface area contributed by atoms with E-state index < -0.39 is 0 Å². The summed E-state index contributed by atoms with van der Waals surface area (Å²) < 4.78 is 0.233. The number of nitriles is 1. The van der Waals surface area contributed by atoms with Gasteiger partial charge in [-0.05, 0) is 0 Å². The summed E-state index contributed by atoms with van der Waals surface area (Å²) in [6, 6.07) is 1.95. The summed E-state index contributed by atoms with van der Waals surface area (Å²) in [6.45, 7) is 0.361. The van der Waals surface area contributed by atoms with Gasteiger partial charge in [0.2, 0.25) is 0 Å². The summed E-state index contributed by atoms with van der Waals surface area (Å²) in [5.41, 5.74) is 0. The summed E-state index contributed by atoms with van der Waals surface area (Å²) in [6.07, 6.45) is 0. The number of quaternary nitrogens is 1. The zero-order valence-electron chi connectivity index (χ0n) is 4.68. The van der Waals surface area contributed by atoms with E-state index in [9.17, 15) is 0 Å². The first-order valence-corrected chi connectivity index (χ1v) is 2.05. The largest absolute Gasteiger partial charge is 0.241 e. The first-order chi connectivity index (χ1) is 3.06. The molecule has 2 N–H and O–H groups in total. The van der Waals surface area contributed by atoms with Gasteiger partial charge in [-0.1, -0.05) is 0 Å². The summed E-state index contributed by atoms with van der Waals surface area (Å²) >= 11 is 0. The van der Waals surface area contributed by atoms with Crippen LogP contribution in [-0.2, 0) is 0 Å². The first kappa shape index (κ1) is 6.41. The molecular weight excluding hydrogens is 90.1 g/mol. The van der Waals surface area contributed by atoms with Gasteiger partial charge in [-0.3, -0.25) is 0 Å². The number of hydrogen-bond acceptors (Lipinski definition) is 2. The van der Waals surface area contributed by atoms with Crippen molar-refractivity contribution in [2.75, 3.05) is 20.6 Å². The number of nitrogens with two attached hydrogens (primary N) is 1. The summed E-state index contributed by atoms with van der Waals surface area (Å²) in [7, 11) is 3.53. The molecule has 0 radical (unpaired) electrons. The highest BCUT2D eigenvalue weighted by Gasteiger charge is 2.03. The Morgan fingerprint density at radius 2 is 2.14 bits per heavy atom. The van der Waals surface area contributed by atoms with Crippen molar-refractivity contribution in [3.63, 3.8) is 0 Å². The third-order valence-corrected chi connectivity index (χ3v) is 0.478. The van der Waals surface area contributed by atoms with Gasteiger partial charge in [-0.15, -0.1) is 0 Å². The smallest absolute Gasteiger partial charge is 0.183 e. The highest BCUT2D eigenvalue weighted by Crippen LogP contribution is 1.78. The normalized spacial score (nSPS) is 10.6. The SMILES string of the molecule is C[N+](C)(N)CC#N. The van der Waals surface area contributed by atoms with Gasteiger partial charge in [0.25, 0.3) is 0 Å². The Labute approximate surface area is 43.5 Å². The molecule has 0 aliphatic heterocycles. The van der Waals surface area contributed by atoms with E-state index in [-0.39, 0.29) is 4.59 Å². The molecule has 0 atom stereocenters. The van der Waals surface area contributed by atoms with Crippen molar-refractivity contribution in [2.24, 2.45) is 5.84 Å². The second kappa shape index (κ2) is 1.92. The molecule has 0 saturated heterocycles. The van der Waals surface area contributed by atoms with Crippen LogP contribution >= 0.6 is 0 Å². The van der Waals surface area contributed by atoms with Crippen LogP contribution in [0.3, 0.4) is 0 Å². The Morgan fingerprint density at radius 3 is 2.14 bits per heavy atom. The predicted molar refractivity (Wildman–Crippen MR) is 26.8 cm³/mol. The Kier molecular flexibility index (Phi) is 1.75. The minimum absolute atomic E-state index is 0.233. The lowest BCUT2D eigenvalue weighted by atomic mass is 10.6. The van der Waals surface area contributed by atoms with E-state index in [1.807, 2.05) is 6.07 Å². The van der Waals surface area contributed by atoms with Crippen LogP contribution in [0.25, 0.3) is 0 Å². The molecule has 0 fully saturated rings. The van der Waals surface area contributed by atoms with Crippen molar-refractivity contribution in [3.8, 4) is 6.07 Å². The first-order valence-electron chi connectivity index (χ1n) is 2.05. The quantitative estimate of drug-likeness (QED) is 0.208. The molecule has 0 aliphatic carbocycles. The second-order valence-electron chi connectivity index (χ2n) is 2.09. The highest BCUT2D eigenvalue weighted by atomic mass is 15.5. The zero-order valence-corrected chi connectivity index (χ0v) is 4.68. The van der Waals surface area contributed by atoms with Crippen LogP contribution in [0.15, 0.2) is 0 Å². The molecule has 0 aromatic heterocycles. The van der Waals surface area contributed by atoms with Gasteiger partial charge < -0.3 is 0 Å². The number of nitrogens with zero attached hydrogens (tertiary/aromatic N) is 2. The Morgan fingerprint density at radius 1 is 1.71 bits per heavy atom. The van der Waals surface area contributed by atoms with Crippen LogP contribution in [0.4, 0.5) is 0 Å². The van der Waals surface area contributed by atoms with Crippen molar-refractivity contribution in [2.45, 2.75) is 0 Å². The van der Waals surface area contributed by atoms with Gasteiger partial charge in [-0.25, -0.2) is 4.59 Å². The lowest BCUT2D eigenvalue weighted by Gasteiger charge is -2.16. The van der Waals surface area contributed by atoms with E-state index >= 15 is 0 Å². The Bertz CT molecular complexity index is 84.1. The topological polar surface area (TPSA) is 49.8 Å². The molecule has 0 bridgehead atoms. The summed E-state index contributed by atoms with van der Waals surface area (Å²) in [5.74, 6) is 5.36. The molecule has 0 unspecified atom stereocenters. The van der Waals surface area contributed by atoms with Crippen LogP contribution in [0.1, 0.15) is 0 Å². The molecule has 0 amide bonds. The minimum Gasteiger partial charge on any atom is -0.241 e. The third-order valence-electron chi connectivity index (χ3n) is 0.478. The van der Waals surface area contributed by atoms with E-state index in [0.717, 1.165) is 0 Å². The van der Waals surface area contributed by atoms with Gasteiger partial charge in [0, 0.05) is 0 Å². The van der Waals surface area contributed by atoms with E-state index in [4.69, 9.17) is 11.1 Å². The minimum atomic E-state index is 0.233. The molecule has 0 rings (SSSR count). The zero-order chi connectivity index (χ0) is 5.91. The Balaban J connectivity index is 3.40. The van der Waals surface area contributed by atoms with Crippen LogP contribution in [0.2, 0.25) is 0 Å². The lowest BCUT2D eigenvalue weighted by Crippen LogP contribution is -2.46.